The van der Waals surface area contributed by atoms with Gasteiger partial charge in [0, 0.05) is 30.7 Å². The lowest BCUT2D eigenvalue weighted by molar-refractivity contribution is -0.131. The highest BCUT2D eigenvalue weighted by atomic mass is 32.2. The predicted octanol–water partition coefficient (Wildman–Crippen LogP) is 3.37. The van der Waals surface area contributed by atoms with Crippen molar-refractivity contribution < 1.29 is 9.53 Å². The molecule has 6 heteroatoms. The number of carbonyl (C=O) groups is 1. The highest BCUT2D eigenvalue weighted by Gasteiger charge is 2.23. The fraction of sp³-hybridized carbons (Fsp3) is 0.444. The molecule has 2 aromatic rings. The monoisotopic (exact) mass is 345 g/mol. The number of carbonyl (C=O) groups excluding carboxylic acids is 1. The number of hydrogen-bond donors (Lipinski definition) is 0. The first-order chi connectivity index (χ1) is 11.7. The minimum Gasteiger partial charge on any atom is -0.497 e. The largest absolute Gasteiger partial charge is 0.497 e. The van der Waals surface area contributed by atoms with Crippen molar-refractivity contribution in [3.05, 3.63) is 36.7 Å². The van der Waals surface area contributed by atoms with Crippen LogP contribution >= 0.6 is 11.8 Å². The van der Waals surface area contributed by atoms with Crippen molar-refractivity contribution in [3.63, 3.8) is 0 Å². The quantitative estimate of drug-likeness (QED) is 0.780. The summed E-state index contributed by atoms with van der Waals surface area (Å²) >= 11 is 1.49. The zero-order valence-electron chi connectivity index (χ0n) is 14.1. The Morgan fingerprint density at radius 3 is 2.83 bits per heavy atom. The maximum Gasteiger partial charge on any atom is 0.233 e. The molecule has 0 bridgehead atoms. The topological polar surface area (TPSA) is 47.4 Å². The van der Waals surface area contributed by atoms with Crippen LogP contribution in [0.3, 0.4) is 0 Å². The van der Waals surface area contributed by atoms with Crippen LogP contribution in [0.5, 0.6) is 5.75 Å². The van der Waals surface area contributed by atoms with Crippen molar-refractivity contribution in [3.8, 4) is 11.4 Å². The number of nitrogens with zero attached hydrogens (tertiary/aromatic N) is 3. The zero-order chi connectivity index (χ0) is 16.9. The third-order valence-corrected chi connectivity index (χ3v) is 5.36. The molecule has 0 unspecified atom stereocenters. The van der Waals surface area contributed by atoms with Crippen LogP contribution in [0.25, 0.3) is 5.69 Å². The van der Waals surface area contributed by atoms with Gasteiger partial charge in [0.1, 0.15) is 5.75 Å². The average molecular weight is 345 g/mol. The zero-order valence-corrected chi connectivity index (χ0v) is 15.0. The second-order valence-corrected chi connectivity index (χ2v) is 6.94. The van der Waals surface area contributed by atoms with Gasteiger partial charge in [-0.25, -0.2) is 4.98 Å². The Bertz CT molecular complexity index is 684. The van der Waals surface area contributed by atoms with Crippen LogP contribution in [0.15, 0.2) is 41.8 Å². The van der Waals surface area contributed by atoms with E-state index in [1.54, 1.807) is 13.3 Å². The number of aromatic nitrogens is 2. The standard InChI is InChI=1S/C18H23N3O2S/c1-14-5-3-4-11-20(14)17(22)13-24-18-19-10-12-21(18)15-6-8-16(23-2)9-7-15/h6-10,12,14H,3-5,11,13H2,1-2H3/t14-/m0/s1. The first-order valence-electron chi connectivity index (χ1n) is 8.29. The maximum atomic E-state index is 12.5. The summed E-state index contributed by atoms with van der Waals surface area (Å²) < 4.78 is 7.19. The van der Waals surface area contributed by atoms with Gasteiger partial charge in [-0.15, -0.1) is 0 Å². The summed E-state index contributed by atoms with van der Waals surface area (Å²) in [6, 6.07) is 8.17. The van der Waals surface area contributed by atoms with Crippen LogP contribution in [0.4, 0.5) is 0 Å². The van der Waals surface area contributed by atoms with Gasteiger partial charge in [0.25, 0.3) is 0 Å². The van der Waals surface area contributed by atoms with E-state index in [1.807, 2.05) is 39.9 Å². The molecule has 128 valence electrons. The first kappa shape index (κ1) is 16.9. The molecule has 1 fully saturated rings. The summed E-state index contributed by atoms with van der Waals surface area (Å²) in [5, 5.41) is 0.832. The van der Waals surface area contributed by atoms with Gasteiger partial charge in [0.2, 0.25) is 5.91 Å². The molecule has 0 spiro atoms. The van der Waals surface area contributed by atoms with Gasteiger partial charge in [-0.1, -0.05) is 11.8 Å². The molecular weight excluding hydrogens is 322 g/mol. The summed E-state index contributed by atoms with van der Waals surface area (Å²) in [5.74, 6) is 1.45. The van der Waals surface area contributed by atoms with E-state index in [-0.39, 0.29) is 5.91 Å². The fourth-order valence-electron chi connectivity index (χ4n) is 3.01. The third-order valence-electron chi connectivity index (χ3n) is 4.41. The van der Waals surface area contributed by atoms with E-state index in [2.05, 4.69) is 11.9 Å². The number of benzene rings is 1. The van der Waals surface area contributed by atoms with Gasteiger partial charge in [0.15, 0.2) is 5.16 Å². The van der Waals surface area contributed by atoms with Gasteiger partial charge >= 0.3 is 0 Å². The molecule has 1 saturated heterocycles. The Morgan fingerprint density at radius 1 is 1.33 bits per heavy atom. The summed E-state index contributed by atoms with van der Waals surface area (Å²) in [4.78, 5) is 18.9. The third kappa shape index (κ3) is 3.75. The average Bonchev–Trinajstić information content (AvgIpc) is 3.08. The van der Waals surface area contributed by atoms with Crippen LogP contribution in [0, 0.1) is 0 Å². The highest BCUT2D eigenvalue weighted by Crippen LogP contribution is 2.24. The number of hydrogen-bond acceptors (Lipinski definition) is 4. The number of likely N-dealkylation sites (tertiary alicyclic amines) is 1. The van der Waals surface area contributed by atoms with Crippen molar-refractivity contribution >= 4 is 17.7 Å². The van der Waals surface area contributed by atoms with Gasteiger partial charge in [-0.05, 0) is 50.5 Å². The molecular formula is C18H23N3O2S. The molecule has 1 aromatic carbocycles. The molecule has 1 aromatic heterocycles. The number of piperidine rings is 1. The second-order valence-electron chi connectivity index (χ2n) is 6.00. The minimum atomic E-state index is 0.205. The van der Waals surface area contributed by atoms with E-state index in [0.717, 1.165) is 36.0 Å². The van der Waals surface area contributed by atoms with Gasteiger partial charge in [-0.3, -0.25) is 9.36 Å². The van der Waals surface area contributed by atoms with Crippen molar-refractivity contribution in [1.82, 2.24) is 14.5 Å². The van der Waals surface area contributed by atoms with Crippen molar-refractivity contribution in [2.75, 3.05) is 19.4 Å². The number of rotatable bonds is 5. The van der Waals surface area contributed by atoms with Gasteiger partial charge < -0.3 is 9.64 Å². The molecule has 3 rings (SSSR count). The number of methoxy groups -OCH3 is 1. The summed E-state index contributed by atoms with van der Waals surface area (Å²) in [6.45, 7) is 3.02. The number of amides is 1. The van der Waals surface area contributed by atoms with Crippen molar-refractivity contribution in [2.45, 2.75) is 37.4 Å². The molecule has 0 radical (unpaired) electrons. The molecule has 5 nitrogen and oxygen atoms in total. The highest BCUT2D eigenvalue weighted by molar-refractivity contribution is 7.99. The van der Waals surface area contributed by atoms with Crippen molar-refractivity contribution in [2.24, 2.45) is 0 Å². The maximum absolute atomic E-state index is 12.5. The molecule has 0 saturated carbocycles. The number of thioether (sulfide) groups is 1. The van der Waals surface area contributed by atoms with E-state index in [1.165, 1.54) is 18.2 Å². The van der Waals surface area contributed by atoms with Crippen LogP contribution < -0.4 is 4.74 Å². The van der Waals surface area contributed by atoms with E-state index in [0.29, 0.717) is 11.8 Å². The van der Waals surface area contributed by atoms with E-state index in [4.69, 9.17) is 4.74 Å². The lowest BCUT2D eigenvalue weighted by atomic mass is 10.0. The molecule has 2 heterocycles. The summed E-state index contributed by atoms with van der Waals surface area (Å²) in [7, 11) is 1.65. The Kier molecular flexibility index (Phi) is 5.45. The summed E-state index contributed by atoms with van der Waals surface area (Å²) in [5.41, 5.74) is 1.01. The Hall–Kier alpha value is -1.95. The van der Waals surface area contributed by atoms with E-state index < -0.39 is 0 Å². The summed E-state index contributed by atoms with van der Waals surface area (Å²) in [6.07, 6.45) is 7.12. The van der Waals surface area contributed by atoms with Crippen molar-refractivity contribution in [1.29, 1.82) is 0 Å². The lowest BCUT2D eigenvalue weighted by Gasteiger charge is -2.33. The van der Waals surface area contributed by atoms with Crippen LogP contribution in [-0.2, 0) is 4.79 Å². The van der Waals surface area contributed by atoms with Crippen LogP contribution in [0.2, 0.25) is 0 Å². The first-order valence-corrected chi connectivity index (χ1v) is 9.27. The lowest BCUT2D eigenvalue weighted by Crippen LogP contribution is -2.42. The smallest absolute Gasteiger partial charge is 0.233 e. The molecule has 1 aliphatic rings. The number of ether oxygens (including phenoxy) is 1. The molecule has 0 N–H and O–H groups in total. The number of imidazole rings is 1. The van der Waals surface area contributed by atoms with Crippen LogP contribution in [-0.4, -0.2) is 45.8 Å². The van der Waals surface area contributed by atoms with E-state index >= 15 is 0 Å². The Labute approximate surface area is 147 Å². The minimum absolute atomic E-state index is 0.205. The molecule has 1 amide bonds. The fourth-order valence-corrected chi connectivity index (χ4v) is 3.87. The molecule has 1 aliphatic heterocycles. The SMILES string of the molecule is COc1ccc(-n2ccnc2SCC(=O)N2CCCC[C@@H]2C)cc1. The second kappa shape index (κ2) is 7.75. The molecule has 24 heavy (non-hydrogen) atoms. The Morgan fingerprint density at radius 2 is 2.12 bits per heavy atom. The molecule has 0 aliphatic carbocycles. The van der Waals surface area contributed by atoms with Gasteiger partial charge in [-0.2, -0.15) is 0 Å². The van der Waals surface area contributed by atoms with Gasteiger partial charge in [0.05, 0.1) is 12.9 Å². The van der Waals surface area contributed by atoms with Crippen LogP contribution in [0.1, 0.15) is 26.2 Å². The predicted molar refractivity (Wildman–Crippen MR) is 95.9 cm³/mol. The van der Waals surface area contributed by atoms with E-state index in [9.17, 15) is 4.79 Å². The molecule has 1 atom stereocenters. The Balaban J connectivity index is 1.66. The normalized spacial score (nSPS) is 17.8.